The van der Waals surface area contributed by atoms with Crippen LogP contribution in [0.4, 0.5) is 10.5 Å². The van der Waals surface area contributed by atoms with Crippen molar-refractivity contribution in [1.82, 2.24) is 14.7 Å². The Labute approximate surface area is 167 Å². The number of nitrogens with zero attached hydrogens (tertiary/aromatic N) is 4. The van der Waals surface area contributed by atoms with Gasteiger partial charge in [0, 0.05) is 56.9 Å². The van der Waals surface area contributed by atoms with Crippen LogP contribution in [0.3, 0.4) is 0 Å². The van der Waals surface area contributed by atoms with E-state index in [9.17, 15) is 14.7 Å². The zero-order chi connectivity index (χ0) is 20.4. The molecule has 7 heteroatoms. The SMILES string of the molecule is CC(C)C(=O)N1C[C@H](c2ccc(N3CCN(C)CC3)cc2)N(C(=O)O)C[C@H]1C. The number of piperazine rings is 2. The van der Waals surface area contributed by atoms with Crippen LogP contribution in [0.15, 0.2) is 24.3 Å². The van der Waals surface area contributed by atoms with Crippen molar-refractivity contribution in [2.75, 3.05) is 51.2 Å². The number of benzene rings is 1. The molecular weight excluding hydrogens is 356 g/mol. The number of anilines is 1. The molecule has 0 spiro atoms. The van der Waals surface area contributed by atoms with E-state index in [4.69, 9.17) is 0 Å². The number of hydrogen-bond donors (Lipinski definition) is 1. The summed E-state index contributed by atoms with van der Waals surface area (Å²) in [6.07, 6.45) is -0.934. The molecule has 2 aliphatic rings. The van der Waals surface area contributed by atoms with E-state index in [1.54, 1.807) is 0 Å². The number of hydrogen-bond acceptors (Lipinski definition) is 4. The van der Waals surface area contributed by atoms with E-state index in [1.165, 1.54) is 4.90 Å². The molecule has 154 valence electrons. The van der Waals surface area contributed by atoms with Gasteiger partial charge in [-0.2, -0.15) is 0 Å². The van der Waals surface area contributed by atoms with Crippen molar-refractivity contribution in [2.45, 2.75) is 32.9 Å². The van der Waals surface area contributed by atoms with Gasteiger partial charge in [-0.1, -0.05) is 26.0 Å². The highest BCUT2D eigenvalue weighted by Crippen LogP contribution is 2.30. The first kappa shape index (κ1) is 20.5. The molecule has 2 amide bonds. The topological polar surface area (TPSA) is 67.3 Å². The van der Waals surface area contributed by atoms with Crippen molar-refractivity contribution in [3.05, 3.63) is 29.8 Å². The smallest absolute Gasteiger partial charge is 0.407 e. The lowest BCUT2D eigenvalue weighted by Crippen LogP contribution is -2.57. The fraction of sp³-hybridized carbons (Fsp3) is 0.619. The van der Waals surface area contributed by atoms with Gasteiger partial charge in [0.05, 0.1) is 6.04 Å². The van der Waals surface area contributed by atoms with Crippen LogP contribution in [0.5, 0.6) is 0 Å². The molecule has 2 atom stereocenters. The van der Waals surface area contributed by atoms with Crippen LogP contribution in [0, 0.1) is 5.92 Å². The number of carbonyl (C=O) groups excluding carboxylic acids is 1. The maximum atomic E-state index is 12.6. The van der Waals surface area contributed by atoms with Crippen molar-refractivity contribution < 1.29 is 14.7 Å². The van der Waals surface area contributed by atoms with E-state index >= 15 is 0 Å². The number of carbonyl (C=O) groups is 2. The molecule has 2 fully saturated rings. The van der Waals surface area contributed by atoms with Crippen molar-refractivity contribution in [2.24, 2.45) is 5.92 Å². The van der Waals surface area contributed by atoms with Gasteiger partial charge in [0.15, 0.2) is 0 Å². The Balaban J connectivity index is 1.80. The third-order valence-corrected chi connectivity index (χ3v) is 5.91. The average Bonchev–Trinajstić information content (AvgIpc) is 2.68. The van der Waals surface area contributed by atoms with Crippen LogP contribution in [-0.4, -0.2) is 84.2 Å². The average molecular weight is 389 g/mol. The molecule has 0 radical (unpaired) electrons. The Bertz CT molecular complexity index is 698. The van der Waals surface area contributed by atoms with E-state index in [-0.39, 0.29) is 23.9 Å². The van der Waals surface area contributed by atoms with Gasteiger partial charge >= 0.3 is 6.09 Å². The summed E-state index contributed by atoms with van der Waals surface area (Å²) in [4.78, 5) is 32.4. The van der Waals surface area contributed by atoms with Crippen LogP contribution < -0.4 is 4.90 Å². The largest absolute Gasteiger partial charge is 0.465 e. The van der Waals surface area contributed by atoms with Crippen LogP contribution in [-0.2, 0) is 4.79 Å². The molecule has 1 aromatic rings. The molecule has 3 rings (SSSR count). The second kappa shape index (κ2) is 8.39. The highest BCUT2D eigenvalue weighted by molar-refractivity contribution is 5.79. The third kappa shape index (κ3) is 4.24. The van der Waals surface area contributed by atoms with Gasteiger partial charge in [-0.25, -0.2) is 4.79 Å². The Hall–Kier alpha value is -2.28. The van der Waals surface area contributed by atoms with Crippen molar-refractivity contribution in [1.29, 1.82) is 0 Å². The van der Waals surface area contributed by atoms with Crippen molar-refractivity contribution in [3.63, 3.8) is 0 Å². The molecule has 1 aromatic carbocycles. The summed E-state index contributed by atoms with van der Waals surface area (Å²) in [7, 11) is 2.13. The molecule has 0 bridgehead atoms. The second-order valence-electron chi connectivity index (χ2n) is 8.33. The number of carboxylic acid groups (broad SMARTS) is 1. The van der Waals surface area contributed by atoms with E-state index in [1.807, 2.05) is 37.8 Å². The molecule has 0 unspecified atom stereocenters. The second-order valence-corrected chi connectivity index (χ2v) is 8.33. The van der Waals surface area contributed by atoms with Crippen molar-refractivity contribution >= 4 is 17.7 Å². The predicted molar refractivity (Wildman–Crippen MR) is 110 cm³/mol. The Kier molecular flexibility index (Phi) is 6.13. The first-order valence-electron chi connectivity index (χ1n) is 10.1. The van der Waals surface area contributed by atoms with Crippen molar-refractivity contribution in [3.8, 4) is 0 Å². The highest BCUT2D eigenvalue weighted by atomic mass is 16.4. The summed E-state index contributed by atoms with van der Waals surface area (Å²) in [6.45, 7) is 10.5. The van der Waals surface area contributed by atoms with Crippen LogP contribution in [0.1, 0.15) is 32.4 Å². The van der Waals surface area contributed by atoms with Gasteiger partial charge in [0.2, 0.25) is 5.91 Å². The minimum Gasteiger partial charge on any atom is -0.465 e. The first-order chi connectivity index (χ1) is 13.3. The standard InChI is InChI=1S/C21H32N4O3/c1-15(2)20(26)24-14-19(25(21(27)28)13-16(24)3)17-5-7-18(8-6-17)23-11-9-22(4)10-12-23/h5-8,15-16,19H,9-14H2,1-4H3,(H,27,28)/t16-,19-/m1/s1. The lowest BCUT2D eigenvalue weighted by atomic mass is 9.98. The van der Waals surface area contributed by atoms with Gasteiger partial charge in [-0.15, -0.1) is 0 Å². The van der Waals surface area contributed by atoms with Gasteiger partial charge in [0.25, 0.3) is 0 Å². The maximum absolute atomic E-state index is 12.6. The molecule has 2 heterocycles. The highest BCUT2D eigenvalue weighted by Gasteiger charge is 2.38. The quantitative estimate of drug-likeness (QED) is 0.861. The molecule has 0 saturated carbocycles. The van der Waals surface area contributed by atoms with E-state index in [2.05, 4.69) is 29.0 Å². The zero-order valence-corrected chi connectivity index (χ0v) is 17.3. The summed E-state index contributed by atoms with van der Waals surface area (Å²) < 4.78 is 0. The summed E-state index contributed by atoms with van der Waals surface area (Å²) in [5.41, 5.74) is 2.10. The van der Waals surface area contributed by atoms with Gasteiger partial charge in [-0.3, -0.25) is 9.69 Å². The van der Waals surface area contributed by atoms with E-state index < -0.39 is 6.09 Å². The lowest BCUT2D eigenvalue weighted by molar-refractivity contribution is -0.140. The van der Waals surface area contributed by atoms with Gasteiger partial charge in [0.1, 0.15) is 0 Å². The summed E-state index contributed by atoms with van der Waals surface area (Å²) in [5, 5.41) is 9.71. The monoisotopic (exact) mass is 388 g/mol. The van der Waals surface area contributed by atoms with Gasteiger partial charge in [-0.05, 0) is 31.7 Å². The first-order valence-corrected chi connectivity index (χ1v) is 10.1. The molecular formula is C21H32N4O3. The van der Waals surface area contributed by atoms with E-state index in [0.29, 0.717) is 13.1 Å². The molecule has 2 aliphatic heterocycles. The zero-order valence-electron chi connectivity index (χ0n) is 17.3. The summed E-state index contributed by atoms with van der Waals surface area (Å²) in [6, 6.07) is 7.73. The molecule has 1 N–H and O–H groups in total. The summed E-state index contributed by atoms with van der Waals surface area (Å²) >= 11 is 0. The molecule has 0 aromatic heterocycles. The molecule has 7 nitrogen and oxygen atoms in total. The molecule has 0 aliphatic carbocycles. The van der Waals surface area contributed by atoms with Crippen LogP contribution in [0.2, 0.25) is 0 Å². The fourth-order valence-electron chi connectivity index (χ4n) is 4.08. The molecule has 28 heavy (non-hydrogen) atoms. The number of rotatable bonds is 3. The Morgan fingerprint density at radius 1 is 1.00 bits per heavy atom. The van der Waals surface area contributed by atoms with Crippen LogP contribution in [0.25, 0.3) is 0 Å². The summed E-state index contributed by atoms with van der Waals surface area (Å²) in [5.74, 6) is -0.0179. The minimum absolute atomic E-state index is 0.0802. The Morgan fingerprint density at radius 2 is 1.61 bits per heavy atom. The van der Waals surface area contributed by atoms with E-state index in [0.717, 1.165) is 37.4 Å². The number of likely N-dealkylation sites (N-methyl/N-ethyl adjacent to an activating group) is 1. The molecule has 2 saturated heterocycles. The predicted octanol–water partition coefficient (Wildman–Crippen LogP) is 2.35. The number of amides is 2. The fourth-order valence-corrected chi connectivity index (χ4v) is 4.08. The van der Waals surface area contributed by atoms with Crippen LogP contribution >= 0.6 is 0 Å². The Morgan fingerprint density at radius 3 is 2.14 bits per heavy atom. The van der Waals surface area contributed by atoms with Gasteiger partial charge < -0.3 is 19.8 Å². The maximum Gasteiger partial charge on any atom is 0.407 e. The minimum atomic E-state index is -0.934. The normalized spacial score (nSPS) is 24.0. The lowest BCUT2D eigenvalue weighted by Gasteiger charge is -2.45. The third-order valence-electron chi connectivity index (χ3n) is 5.91.